The number of imidazole rings is 1. The molecule has 20 heavy (non-hydrogen) atoms. The fourth-order valence-electron chi connectivity index (χ4n) is 2.58. The van der Waals surface area contributed by atoms with Crippen molar-refractivity contribution in [2.24, 2.45) is 0 Å². The third kappa shape index (κ3) is 2.16. The van der Waals surface area contributed by atoms with E-state index in [2.05, 4.69) is 61.3 Å². The van der Waals surface area contributed by atoms with Gasteiger partial charge in [-0.15, -0.1) is 0 Å². The van der Waals surface area contributed by atoms with Crippen LogP contribution in [0.3, 0.4) is 0 Å². The fraction of sp³-hybridized carbons (Fsp3) is 0.235. The minimum atomic E-state index is 0.536. The van der Waals surface area contributed by atoms with E-state index in [1.807, 2.05) is 4.57 Å². The third-order valence-corrected chi connectivity index (χ3v) is 3.57. The summed E-state index contributed by atoms with van der Waals surface area (Å²) in [6, 6.07) is 14.8. The van der Waals surface area contributed by atoms with Crippen molar-refractivity contribution >= 4 is 17.0 Å². The molecule has 1 heterocycles. The summed E-state index contributed by atoms with van der Waals surface area (Å²) < 4.78 is 2.00. The van der Waals surface area contributed by atoms with Crippen LogP contribution in [0.2, 0.25) is 0 Å². The van der Waals surface area contributed by atoms with Crippen LogP contribution >= 0.6 is 0 Å². The summed E-state index contributed by atoms with van der Waals surface area (Å²) in [4.78, 5) is 4.45. The zero-order valence-corrected chi connectivity index (χ0v) is 11.9. The Hall–Kier alpha value is -2.29. The monoisotopic (exact) mass is 265 g/mol. The molecule has 3 heteroatoms. The van der Waals surface area contributed by atoms with E-state index >= 15 is 0 Å². The zero-order chi connectivity index (χ0) is 14.1. The molecule has 3 nitrogen and oxygen atoms in total. The Balaban J connectivity index is 2.11. The van der Waals surface area contributed by atoms with Gasteiger partial charge in [0.25, 0.3) is 0 Å². The van der Waals surface area contributed by atoms with E-state index in [1.54, 1.807) is 0 Å². The number of aryl methyl sites for hydroxylation is 2. The first-order chi connectivity index (χ1) is 9.69. The van der Waals surface area contributed by atoms with Gasteiger partial charge in [-0.25, -0.2) is 4.98 Å². The van der Waals surface area contributed by atoms with Crippen molar-refractivity contribution < 1.29 is 0 Å². The summed E-state index contributed by atoms with van der Waals surface area (Å²) >= 11 is 0. The molecular weight excluding hydrogens is 246 g/mol. The number of aromatic nitrogens is 2. The Bertz CT molecular complexity index is 739. The van der Waals surface area contributed by atoms with Crippen LogP contribution in [0.15, 0.2) is 42.5 Å². The van der Waals surface area contributed by atoms with Crippen LogP contribution in [0.25, 0.3) is 16.7 Å². The van der Waals surface area contributed by atoms with Crippen LogP contribution in [0, 0.1) is 6.92 Å². The van der Waals surface area contributed by atoms with Crippen LogP contribution in [-0.2, 0) is 6.42 Å². The van der Waals surface area contributed by atoms with Crippen molar-refractivity contribution in [2.45, 2.75) is 26.7 Å². The number of hydrogen-bond acceptors (Lipinski definition) is 2. The number of hydrogen-bond donors (Lipinski definition) is 1. The molecule has 0 aliphatic rings. The molecule has 0 amide bonds. The van der Waals surface area contributed by atoms with Crippen molar-refractivity contribution in [3.63, 3.8) is 0 Å². The van der Waals surface area contributed by atoms with Crippen LogP contribution < -0.4 is 5.73 Å². The highest BCUT2D eigenvalue weighted by molar-refractivity contribution is 5.81. The van der Waals surface area contributed by atoms with Crippen molar-refractivity contribution in [1.82, 2.24) is 9.55 Å². The second-order valence-electron chi connectivity index (χ2n) is 5.21. The minimum absolute atomic E-state index is 0.536. The number of nitrogens with zero attached hydrogens (tertiary/aromatic N) is 2. The number of benzene rings is 2. The SMILES string of the molecule is CCCc1ccc(-n2c(N)nc3cc(C)ccc32)cc1. The molecule has 0 bridgehead atoms. The van der Waals surface area contributed by atoms with Crippen LogP contribution in [-0.4, -0.2) is 9.55 Å². The average Bonchev–Trinajstić information content (AvgIpc) is 2.75. The van der Waals surface area contributed by atoms with Gasteiger partial charge in [-0.1, -0.05) is 31.5 Å². The Morgan fingerprint density at radius 1 is 1.10 bits per heavy atom. The van der Waals surface area contributed by atoms with Gasteiger partial charge in [0.15, 0.2) is 0 Å². The number of anilines is 1. The molecule has 102 valence electrons. The Morgan fingerprint density at radius 2 is 1.85 bits per heavy atom. The molecule has 0 fully saturated rings. The Labute approximate surface area is 119 Å². The summed E-state index contributed by atoms with van der Waals surface area (Å²) in [6.07, 6.45) is 2.27. The van der Waals surface area contributed by atoms with Crippen molar-refractivity contribution in [3.8, 4) is 5.69 Å². The van der Waals surface area contributed by atoms with Gasteiger partial charge in [-0.2, -0.15) is 0 Å². The van der Waals surface area contributed by atoms with Gasteiger partial charge in [-0.05, 0) is 48.7 Å². The van der Waals surface area contributed by atoms with E-state index in [-0.39, 0.29) is 0 Å². The normalized spacial score (nSPS) is 11.1. The largest absolute Gasteiger partial charge is 0.369 e. The highest BCUT2D eigenvalue weighted by Gasteiger charge is 2.09. The van der Waals surface area contributed by atoms with Gasteiger partial charge in [-0.3, -0.25) is 4.57 Å². The lowest BCUT2D eigenvalue weighted by Gasteiger charge is -2.07. The van der Waals surface area contributed by atoms with E-state index < -0.39 is 0 Å². The van der Waals surface area contributed by atoms with Gasteiger partial charge in [0.2, 0.25) is 5.95 Å². The van der Waals surface area contributed by atoms with Crippen LogP contribution in [0.5, 0.6) is 0 Å². The number of nitrogen functional groups attached to an aromatic ring is 1. The number of nitrogens with two attached hydrogens (primary N) is 1. The smallest absolute Gasteiger partial charge is 0.205 e. The summed E-state index contributed by atoms with van der Waals surface area (Å²) in [6.45, 7) is 4.26. The third-order valence-electron chi connectivity index (χ3n) is 3.57. The van der Waals surface area contributed by atoms with E-state index in [1.165, 1.54) is 11.1 Å². The van der Waals surface area contributed by atoms with Gasteiger partial charge >= 0.3 is 0 Å². The lowest BCUT2D eigenvalue weighted by atomic mass is 10.1. The maximum Gasteiger partial charge on any atom is 0.205 e. The van der Waals surface area contributed by atoms with Gasteiger partial charge in [0.05, 0.1) is 11.0 Å². The van der Waals surface area contributed by atoms with E-state index in [0.717, 1.165) is 29.6 Å². The van der Waals surface area contributed by atoms with E-state index in [4.69, 9.17) is 5.73 Å². The number of rotatable bonds is 3. The van der Waals surface area contributed by atoms with Gasteiger partial charge in [0, 0.05) is 5.69 Å². The molecule has 1 aromatic heterocycles. The Morgan fingerprint density at radius 3 is 2.55 bits per heavy atom. The van der Waals surface area contributed by atoms with Crippen LogP contribution in [0.1, 0.15) is 24.5 Å². The minimum Gasteiger partial charge on any atom is -0.369 e. The highest BCUT2D eigenvalue weighted by Crippen LogP contribution is 2.24. The second-order valence-corrected chi connectivity index (χ2v) is 5.21. The van der Waals surface area contributed by atoms with Crippen molar-refractivity contribution in [3.05, 3.63) is 53.6 Å². The molecule has 2 aromatic carbocycles. The Kier molecular flexibility index (Phi) is 3.18. The van der Waals surface area contributed by atoms with E-state index in [9.17, 15) is 0 Å². The maximum absolute atomic E-state index is 6.08. The van der Waals surface area contributed by atoms with E-state index in [0.29, 0.717) is 5.95 Å². The molecule has 0 spiro atoms. The molecular formula is C17H19N3. The standard InChI is InChI=1S/C17H19N3/c1-3-4-13-6-8-14(9-7-13)20-16-10-5-12(2)11-15(16)19-17(20)18/h5-11H,3-4H2,1-2H3,(H2,18,19). The second kappa shape index (κ2) is 5.00. The lowest BCUT2D eigenvalue weighted by Crippen LogP contribution is -2.00. The fourth-order valence-corrected chi connectivity index (χ4v) is 2.58. The average molecular weight is 265 g/mol. The van der Waals surface area contributed by atoms with Crippen molar-refractivity contribution in [2.75, 3.05) is 5.73 Å². The molecule has 0 saturated heterocycles. The van der Waals surface area contributed by atoms with Gasteiger partial charge in [0.1, 0.15) is 0 Å². The molecule has 0 unspecified atom stereocenters. The zero-order valence-electron chi connectivity index (χ0n) is 11.9. The molecule has 3 aromatic rings. The first-order valence-electron chi connectivity index (χ1n) is 7.03. The summed E-state index contributed by atoms with van der Waals surface area (Å²) in [7, 11) is 0. The molecule has 0 radical (unpaired) electrons. The predicted molar refractivity (Wildman–Crippen MR) is 84.2 cm³/mol. The molecule has 0 saturated carbocycles. The summed E-state index contributed by atoms with van der Waals surface area (Å²) in [5, 5.41) is 0. The molecule has 3 rings (SSSR count). The number of fused-ring (bicyclic) bond motifs is 1. The van der Waals surface area contributed by atoms with Crippen molar-refractivity contribution in [1.29, 1.82) is 0 Å². The molecule has 0 aliphatic heterocycles. The topological polar surface area (TPSA) is 43.8 Å². The summed E-state index contributed by atoms with van der Waals surface area (Å²) in [5.74, 6) is 0.536. The molecule has 0 aliphatic carbocycles. The first-order valence-corrected chi connectivity index (χ1v) is 7.03. The molecule has 0 atom stereocenters. The van der Waals surface area contributed by atoms with Crippen LogP contribution in [0.4, 0.5) is 5.95 Å². The summed E-state index contributed by atoms with van der Waals surface area (Å²) in [5.41, 5.74) is 11.7. The quantitative estimate of drug-likeness (QED) is 0.781. The predicted octanol–water partition coefficient (Wildman–Crippen LogP) is 3.87. The lowest BCUT2D eigenvalue weighted by molar-refractivity contribution is 0.920. The highest BCUT2D eigenvalue weighted by atomic mass is 15.2. The van der Waals surface area contributed by atoms with Gasteiger partial charge < -0.3 is 5.73 Å². The maximum atomic E-state index is 6.08. The first kappa shape index (κ1) is 12.7. The molecule has 2 N–H and O–H groups in total.